The fourth-order valence-corrected chi connectivity index (χ4v) is 3.35. The van der Waals surface area contributed by atoms with Gasteiger partial charge in [0, 0.05) is 64.0 Å². The summed E-state index contributed by atoms with van der Waals surface area (Å²) in [5, 5.41) is 6.86. The topological polar surface area (TPSA) is 101 Å². The van der Waals surface area contributed by atoms with Crippen LogP contribution in [0.15, 0.2) is 28.8 Å². The van der Waals surface area contributed by atoms with Gasteiger partial charge in [-0.05, 0) is 50.5 Å². The summed E-state index contributed by atoms with van der Waals surface area (Å²) in [6, 6.07) is 7.09. The predicted molar refractivity (Wildman–Crippen MR) is 116 cm³/mol. The Morgan fingerprint density at radius 1 is 1.23 bits per heavy atom. The van der Waals surface area contributed by atoms with Gasteiger partial charge in [0.15, 0.2) is 5.82 Å². The van der Waals surface area contributed by atoms with E-state index in [0.717, 1.165) is 37.9 Å². The third-order valence-electron chi connectivity index (χ3n) is 5.20. The molecule has 1 aromatic heterocycles. The normalized spacial score (nSPS) is 13.4. The van der Waals surface area contributed by atoms with Crippen molar-refractivity contribution in [3.05, 3.63) is 35.7 Å². The molecule has 9 heteroatoms. The molecule has 2 aromatic rings. The van der Waals surface area contributed by atoms with Crippen LogP contribution < -0.4 is 5.32 Å². The van der Waals surface area contributed by atoms with Gasteiger partial charge >= 0.3 is 6.03 Å². The predicted octanol–water partition coefficient (Wildman–Crippen LogP) is 2.58. The first-order valence-corrected chi connectivity index (χ1v) is 10.9. The van der Waals surface area contributed by atoms with Gasteiger partial charge in [-0.1, -0.05) is 5.16 Å². The largest absolute Gasteiger partial charge is 0.382 e. The van der Waals surface area contributed by atoms with Crippen LogP contribution in [0.1, 0.15) is 42.4 Å². The Bertz CT molecular complexity index is 846. The molecule has 3 amide bonds. The quantitative estimate of drug-likeness (QED) is 0.583. The standard InChI is InChI=1S/C22H31N5O4/c1-3-30-16-6-12-23-22(29)26(2)15-11-19-24-20(31-25-19)17-7-9-18(10-8-17)21(28)27-13-4-5-14-27/h7-10H,3-6,11-16H2,1-2H3,(H,23,29). The number of amides is 3. The van der Waals surface area contributed by atoms with Crippen molar-refractivity contribution in [2.24, 2.45) is 0 Å². The molecule has 168 valence electrons. The monoisotopic (exact) mass is 429 g/mol. The van der Waals surface area contributed by atoms with Crippen molar-refractivity contribution < 1.29 is 18.8 Å². The number of rotatable bonds is 10. The molecule has 9 nitrogen and oxygen atoms in total. The third-order valence-corrected chi connectivity index (χ3v) is 5.20. The molecule has 0 atom stereocenters. The van der Waals surface area contributed by atoms with E-state index in [0.29, 0.717) is 50.0 Å². The van der Waals surface area contributed by atoms with Crippen molar-refractivity contribution in [1.82, 2.24) is 25.3 Å². The molecule has 0 aliphatic carbocycles. The van der Waals surface area contributed by atoms with Crippen molar-refractivity contribution in [2.45, 2.75) is 32.6 Å². The lowest BCUT2D eigenvalue weighted by atomic mass is 10.1. The van der Waals surface area contributed by atoms with Gasteiger partial charge in [0.1, 0.15) is 0 Å². The number of carbonyl (C=O) groups is 2. The number of aromatic nitrogens is 2. The number of nitrogens with zero attached hydrogens (tertiary/aromatic N) is 4. The summed E-state index contributed by atoms with van der Waals surface area (Å²) in [6.07, 6.45) is 3.40. The molecule has 1 N–H and O–H groups in total. The van der Waals surface area contributed by atoms with Gasteiger partial charge in [0.2, 0.25) is 0 Å². The second-order valence-electron chi connectivity index (χ2n) is 7.55. The fraction of sp³-hybridized carbons (Fsp3) is 0.545. The number of benzene rings is 1. The zero-order valence-electron chi connectivity index (χ0n) is 18.3. The van der Waals surface area contributed by atoms with Gasteiger partial charge in [-0.3, -0.25) is 4.79 Å². The van der Waals surface area contributed by atoms with Crippen LogP contribution in [0.2, 0.25) is 0 Å². The van der Waals surface area contributed by atoms with Crippen molar-refractivity contribution in [2.75, 3.05) is 46.4 Å². The molecule has 1 aliphatic rings. The van der Waals surface area contributed by atoms with E-state index in [1.54, 1.807) is 24.1 Å². The maximum atomic E-state index is 12.4. The fourth-order valence-electron chi connectivity index (χ4n) is 3.35. The van der Waals surface area contributed by atoms with E-state index in [2.05, 4.69) is 15.5 Å². The summed E-state index contributed by atoms with van der Waals surface area (Å²) in [7, 11) is 1.73. The highest BCUT2D eigenvalue weighted by atomic mass is 16.5. The summed E-state index contributed by atoms with van der Waals surface area (Å²) in [6.45, 7) is 5.97. The zero-order valence-corrected chi connectivity index (χ0v) is 18.3. The lowest BCUT2D eigenvalue weighted by Gasteiger charge is -2.16. The molecule has 31 heavy (non-hydrogen) atoms. The molecule has 1 fully saturated rings. The van der Waals surface area contributed by atoms with Crippen LogP contribution in [0.4, 0.5) is 4.79 Å². The van der Waals surface area contributed by atoms with Crippen LogP contribution in [0.3, 0.4) is 0 Å². The first kappa shape index (κ1) is 22.7. The maximum Gasteiger partial charge on any atom is 0.317 e. The molecular weight excluding hydrogens is 398 g/mol. The van der Waals surface area contributed by atoms with Gasteiger partial charge in [0.05, 0.1) is 0 Å². The molecule has 2 heterocycles. The van der Waals surface area contributed by atoms with Crippen molar-refractivity contribution >= 4 is 11.9 Å². The highest BCUT2D eigenvalue weighted by Gasteiger charge is 2.19. The molecular formula is C22H31N5O4. The number of nitrogens with one attached hydrogen (secondary N) is 1. The Labute approximate surface area is 182 Å². The van der Waals surface area contributed by atoms with Gasteiger partial charge < -0.3 is 24.4 Å². The van der Waals surface area contributed by atoms with Crippen LogP contribution in [-0.2, 0) is 11.2 Å². The summed E-state index contributed by atoms with van der Waals surface area (Å²) >= 11 is 0. The minimum Gasteiger partial charge on any atom is -0.382 e. The van der Waals surface area contributed by atoms with Crippen LogP contribution in [0, 0.1) is 0 Å². The van der Waals surface area contributed by atoms with Crippen LogP contribution in [0.5, 0.6) is 0 Å². The third kappa shape index (κ3) is 6.52. The van der Waals surface area contributed by atoms with E-state index in [4.69, 9.17) is 9.26 Å². The Morgan fingerprint density at radius 2 is 1.97 bits per heavy atom. The summed E-state index contributed by atoms with van der Waals surface area (Å²) in [5.41, 5.74) is 1.43. The van der Waals surface area contributed by atoms with E-state index in [-0.39, 0.29) is 11.9 Å². The number of urea groups is 1. The Morgan fingerprint density at radius 3 is 2.68 bits per heavy atom. The highest BCUT2D eigenvalue weighted by Crippen LogP contribution is 2.20. The highest BCUT2D eigenvalue weighted by molar-refractivity contribution is 5.94. The smallest absolute Gasteiger partial charge is 0.317 e. The van der Waals surface area contributed by atoms with Crippen LogP contribution in [0.25, 0.3) is 11.5 Å². The van der Waals surface area contributed by atoms with Crippen molar-refractivity contribution in [3.8, 4) is 11.5 Å². The lowest BCUT2D eigenvalue weighted by molar-refractivity contribution is 0.0793. The lowest BCUT2D eigenvalue weighted by Crippen LogP contribution is -2.39. The average Bonchev–Trinajstić information content (AvgIpc) is 3.49. The molecule has 1 aromatic carbocycles. The van der Waals surface area contributed by atoms with E-state index < -0.39 is 0 Å². The van der Waals surface area contributed by atoms with E-state index in [9.17, 15) is 9.59 Å². The van der Waals surface area contributed by atoms with E-state index in [1.807, 2.05) is 24.0 Å². The molecule has 0 saturated carbocycles. The molecule has 1 saturated heterocycles. The number of hydrogen-bond donors (Lipinski definition) is 1. The average molecular weight is 430 g/mol. The molecule has 3 rings (SSSR count). The van der Waals surface area contributed by atoms with E-state index >= 15 is 0 Å². The number of likely N-dealkylation sites (tertiary alicyclic amines) is 1. The van der Waals surface area contributed by atoms with Gasteiger partial charge in [-0.25, -0.2) is 4.79 Å². The number of hydrogen-bond acceptors (Lipinski definition) is 6. The zero-order chi connectivity index (χ0) is 22.1. The molecule has 0 radical (unpaired) electrons. The van der Waals surface area contributed by atoms with Gasteiger partial charge in [-0.2, -0.15) is 4.98 Å². The summed E-state index contributed by atoms with van der Waals surface area (Å²) < 4.78 is 10.6. The SMILES string of the molecule is CCOCCCNC(=O)N(C)CCc1noc(-c2ccc(C(=O)N3CCCC3)cc2)n1. The summed E-state index contributed by atoms with van der Waals surface area (Å²) in [5.74, 6) is 0.996. The van der Waals surface area contributed by atoms with Gasteiger partial charge in [-0.15, -0.1) is 0 Å². The minimum absolute atomic E-state index is 0.0643. The second kappa shape index (κ2) is 11.5. The second-order valence-corrected chi connectivity index (χ2v) is 7.55. The Balaban J connectivity index is 1.46. The summed E-state index contributed by atoms with van der Waals surface area (Å²) in [4.78, 5) is 32.4. The van der Waals surface area contributed by atoms with Crippen LogP contribution in [-0.4, -0.2) is 78.3 Å². The van der Waals surface area contributed by atoms with Crippen molar-refractivity contribution in [1.29, 1.82) is 0 Å². The minimum atomic E-state index is -0.140. The van der Waals surface area contributed by atoms with Crippen LogP contribution >= 0.6 is 0 Å². The number of ether oxygens (including phenoxy) is 1. The Kier molecular flexibility index (Phi) is 8.40. The first-order chi connectivity index (χ1) is 15.1. The molecule has 1 aliphatic heterocycles. The Hall–Kier alpha value is -2.94. The van der Waals surface area contributed by atoms with Gasteiger partial charge in [0.25, 0.3) is 11.8 Å². The molecule has 0 unspecified atom stereocenters. The maximum absolute atomic E-state index is 12.4. The number of carbonyl (C=O) groups excluding carboxylic acids is 2. The van der Waals surface area contributed by atoms with Crippen molar-refractivity contribution in [3.63, 3.8) is 0 Å². The number of likely N-dealkylation sites (N-methyl/N-ethyl adjacent to an activating group) is 1. The molecule has 0 spiro atoms. The van der Waals surface area contributed by atoms with E-state index in [1.165, 1.54) is 0 Å². The first-order valence-electron chi connectivity index (χ1n) is 10.9. The molecule has 0 bridgehead atoms.